The highest BCUT2D eigenvalue weighted by Gasteiger charge is 2.26. The zero-order valence-corrected chi connectivity index (χ0v) is 13.3. The van der Waals surface area contributed by atoms with E-state index in [1.54, 1.807) is 36.1 Å². The first-order chi connectivity index (χ1) is 10.2. The molecule has 0 saturated carbocycles. The number of urea groups is 1. The third-order valence-electron chi connectivity index (χ3n) is 3.17. The smallest absolute Gasteiger partial charge is 0.319 e. The van der Waals surface area contributed by atoms with Gasteiger partial charge in [0.05, 0.1) is 30.2 Å². The molecule has 0 aliphatic carbocycles. The molecule has 2 aromatic heterocycles. The molecule has 0 saturated heterocycles. The Bertz CT molecular complexity index is 624. The Hall–Kier alpha value is -2.28. The van der Waals surface area contributed by atoms with Gasteiger partial charge in [-0.3, -0.25) is 4.68 Å². The molecule has 2 aromatic rings. The fraction of sp³-hybridized carbons (Fsp3) is 0.467. The highest BCUT2D eigenvalue weighted by Crippen LogP contribution is 2.20. The second-order valence-electron chi connectivity index (χ2n) is 6.40. The largest absolute Gasteiger partial charge is 0.466 e. The molecule has 0 aromatic carbocycles. The lowest BCUT2D eigenvalue weighted by Crippen LogP contribution is -2.40. The van der Waals surface area contributed by atoms with E-state index in [9.17, 15) is 9.90 Å². The quantitative estimate of drug-likeness (QED) is 0.808. The van der Waals surface area contributed by atoms with Gasteiger partial charge in [0.15, 0.2) is 0 Å². The SMILES string of the molecule is CC(O)(CNC(=O)Nc1cnn(C(C)(C)C)c1)c1ccco1. The fourth-order valence-electron chi connectivity index (χ4n) is 1.85. The van der Waals surface area contributed by atoms with Crippen LogP contribution in [0, 0.1) is 0 Å². The van der Waals surface area contributed by atoms with Crippen LogP contribution in [0.1, 0.15) is 33.5 Å². The zero-order chi connectivity index (χ0) is 16.4. The summed E-state index contributed by atoms with van der Waals surface area (Å²) < 4.78 is 6.92. The molecule has 0 spiro atoms. The molecule has 120 valence electrons. The molecule has 3 N–H and O–H groups in total. The van der Waals surface area contributed by atoms with E-state index in [2.05, 4.69) is 15.7 Å². The minimum Gasteiger partial charge on any atom is -0.466 e. The van der Waals surface area contributed by atoms with Crippen molar-refractivity contribution in [3.63, 3.8) is 0 Å². The first kappa shape index (κ1) is 16.1. The number of hydrogen-bond acceptors (Lipinski definition) is 4. The molecular weight excluding hydrogens is 284 g/mol. The monoisotopic (exact) mass is 306 g/mol. The molecule has 7 nitrogen and oxygen atoms in total. The van der Waals surface area contributed by atoms with Crippen LogP contribution in [0.5, 0.6) is 0 Å². The second kappa shape index (κ2) is 5.84. The van der Waals surface area contributed by atoms with Gasteiger partial charge in [-0.15, -0.1) is 0 Å². The van der Waals surface area contributed by atoms with Gasteiger partial charge in [0.1, 0.15) is 11.4 Å². The van der Waals surface area contributed by atoms with E-state index in [0.717, 1.165) is 0 Å². The van der Waals surface area contributed by atoms with Crippen LogP contribution in [0.15, 0.2) is 35.2 Å². The average molecular weight is 306 g/mol. The molecule has 0 fully saturated rings. The van der Waals surface area contributed by atoms with E-state index in [4.69, 9.17) is 4.42 Å². The Morgan fingerprint density at radius 3 is 2.68 bits per heavy atom. The van der Waals surface area contributed by atoms with Crippen molar-refractivity contribution in [3.8, 4) is 0 Å². The summed E-state index contributed by atoms with van der Waals surface area (Å²) in [4.78, 5) is 11.9. The van der Waals surface area contributed by atoms with Crippen molar-refractivity contribution in [2.75, 3.05) is 11.9 Å². The van der Waals surface area contributed by atoms with E-state index in [1.165, 1.54) is 6.26 Å². The zero-order valence-electron chi connectivity index (χ0n) is 13.3. The number of aromatic nitrogens is 2. The van der Waals surface area contributed by atoms with Crippen LogP contribution < -0.4 is 10.6 Å². The van der Waals surface area contributed by atoms with Gasteiger partial charge >= 0.3 is 6.03 Å². The summed E-state index contributed by atoms with van der Waals surface area (Å²) in [6.45, 7) is 7.66. The van der Waals surface area contributed by atoms with Crippen molar-refractivity contribution in [2.24, 2.45) is 0 Å². The number of anilines is 1. The van der Waals surface area contributed by atoms with Crippen LogP contribution in [0.3, 0.4) is 0 Å². The molecule has 0 radical (unpaired) electrons. The predicted octanol–water partition coefficient (Wildman–Crippen LogP) is 2.26. The van der Waals surface area contributed by atoms with Crippen LogP contribution >= 0.6 is 0 Å². The predicted molar refractivity (Wildman–Crippen MR) is 82.5 cm³/mol. The van der Waals surface area contributed by atoms with Crippen LogP contribution in [-0.2, 0) is 11.1 Å². The Labute approximate surface area is 129 Å². The molecule has 22 heavy (non-hydrogen) atoms. The van der Waals surface area contributed by atoms with Crippen molar-refractivity contribution in [1.82, 2.24) is 15.1 Å². The average Bonchev–Trinajstić information content (AvgIpc) is 3.06. The van der Waals surface area contributed by atoms with Crippen LogP contribution in [0.2, 0.25) is 0 Å². The Kier molecular flexibility index (Phi) is 4.27. The molecule has 2 amide bonds. The number of furan rings is 1. The van der Waals surface area contributed by atoms with E-state index in [0.29, 0.717) is 11.4 Å². The molecule has 0 bridgehead atoms. The Morgan fingerprint density at radius 1 is 1.41 bits per heavy atom. The highest BCUT2D eigenvalue weighted by atomic mass is 16.4. The number of aliphatic hydroxyl groups is 1. The number of rotatable bonds is 4. The van der Waals surface area contributed by atoms with Crippen LogP contribution in [0.4, 0.5) is 10.5 Å². The third-order valence-corrected chi connectivity index (χ3v) is 3.17. The topological polar surface area (TPSA) is 92.3 Å². The lowest BCUT2D eigenvalue weighted by Gasteiger charge is -2.21. The number of carbonyl (C=O) groups excluding carboxylic acids is 1. The molecule has 2 rings (SSSR count). The minimum absolute atomic E-state index is 0.0275. The van der Waals surface area contributed by atoms with Gasteiger partial charge in [0.25, 0.3) is 0 Å². The second-order valence-corrected chi connectivity index (χ2v) is 6.40. The number of nitrogens with zero attached hydrogens (tertiary/aromatic N) is 2. The first-order valence-corrected chi connectivity index (χ1v) is 7.05. The van der Waals surface area contributed by atoms with Crippen LogP contribution in [0.25, 0.3) is 0 Å². The third kappa shape index (κ3) is 3.88. The molecule has 2 heterocycles. The van der Waals surface area contributed by atoms with Gasteiger partial charge in [0.2, 0.25) is 0 Å². The number of nitrogens with one attached hydrogen (secondary N) is 2. The molecule has 1 unspecified atom stereocenters. The van der Waals surface area contributed by atoms with Gasteiger partial charge < -0.3 is 20.2 Å². The minimum atomic E-state index is -1.27. The highest BCUT2D eigenvalue weighted by molar-refractivity contribution is 5.88. The normalized spacial score (nSPS) is 14.4. The van der Waals surface area contributed by atoms with Gasteiger partial charge in [-0.2, -0.15) is 5.10 Å². The summed E-state index contributed by atoms with van der Waals surface area (Å²) in [5, 5.41) is 19.7. The van der Waals surface area contributed by atoms with E-state index in [1.807, 2.05) is 20.8 Å². The van der Waals surface area contributed by atoms with Crippen LogP contribution in [-0.4, -0.2) is 27.5 Å². The lowest BCUT2D eigenvalue weighted by molar-refractivity contribution is 0.0372. The van der Waals surface area contributed by atoms with Gasteiger partial charge in [-0.25, -0.2) is 4.79 Å². The summed E-state index contributed by atoms with van der Waals surface area (Å²) >= 11 is 0. The number of carbonyl (C=O) groups is 1. The molecule has 0 aliphatic heterocycles. The number of amides is 2. The maximum atomic E-state index is 11.9. The summed E-state index contributed by atoms with van der Waals surface area (Å²) in [5.41, 5.74) is -0.833. The van der Waals surface area contributed by atoms with Gasteiger partial charge in [-0.05, 0) is 39.8 Å². The molecular formula is C15H22N4O3. The maximum absolute atomic E-state index is 11.9. The summed E-state index contributed by atoms with van der Waals surface area (Å²) in [6.07, 6.45) is 4.81. The first-order valence-electron chi connectivity index (χ1n) is 7.05. The maximum Gasteiger partial charge on any atom is 0.319 e. The van der Waals surface area contributed by atoms with E-state index < -0.39 is 11.6 Å². The van der Waals surface area contributed by atoms with Gasteiger partial charge in [-0.1, -0.05) is 0 Å². The van der Waals surface area contributed by atoms with Gasteiger partial charge in [0, 0.05) is 6.20 Å². The lowest BCUT2D eigenvalue weighted by atomic mass is 10.0. The fourth-order valence-corrected chi connectivity index (χ4v) is 1.85. The molecule has 7 heteroatoms. The molecule has 0 aliphatic rings. The molecule has 1 atom stereocenters. The summed E-state index contributed by atoms with van der Waals surface area (Å²) in [6, 6.07) is 2.93. The standard InChI is InChI=1S/C15H22N4O3/c1-14(2,3)19-9-11(8-17-19)18-13(20)16-10-15(4,21)12-6-5-7-22-12/h5-9,21H,10H2,1-4H3,(H2,16,18,20). The van der Waals surface area contributed by atoms with Crippen molar-refractivity contribution < 1.29 is 14.3 Å². The Balaban J connectivity index is 1.90. The summed E-state index contributed by atoms with van der Waals surface area (Å²) in [5.74, 6) is 0.397. The van der Waals surface area contributed by atoms with E-state index >= 15 is 0 Å². The Morgan fingerprint density at radius 2 is 2.14 bits per heavy atom. The summed E-state index contributed by atoms with van der Waals surface area (Å²) in [7, 11) is 0. The number of hydrogen-bond donors (Lipinski definition) is 3. The van der Waals surface area contributed by atoms with Crippen molar-refractivity contribution in [2.45, 2.75) is 38.8 Å². The van der Waals surface area contributed by atoms with Crippen molar-refractivity contribution >= 4 is 11.7 Å². The van der Waals surface area contributed by atoms with E-state index in [-0.39, 0.29) is 12.1 Å². The van der Waals surface area contributed by atoms with Crippen molar-refractivity contribution in [3.05, 3.63) is 36.5 Å². The van der Waals surface area contributed by atoms with Crippen molar-refractivity contribution in [1.29, 1.82) is 0 Å².